The number of hydrogen-bond donors (Lipinski definition) is 1. The van der Waals surface area contributed by atoms with Crippen LogP contribution in [0.2, 0.25) is 5.02 Å². The number of benzene rings is 3. The monoisotopic (exact) mass is 540 g/mol. The summed E-state index contributed by atoms with van der Waals surface area (Å²) >= 11 is 7.17. The largest absolute Gasteiger partial charge is 0.493 e. The van der Waals surface area contributed by atoms with Gasteiger partial charge in [-0.15, -0.1) is 0 Å². The number of imide groups is 1. The predicted molar refractivity (Wildman–Crippen MR) is 141 cm³/mol. The minimum atomic E-state index is -0.631. The Morgan fingerprint density at radius 2 is 1.92 bits per heavy atom. The summed E-state index contributed by atoms with van der Waals surface area (Å²) in [6.45, 7) is 1.77. The molecule has 0 spiro atoms. The van der Waals surface area contributed by atoms with Crippen LogP contribution in [0.15, 0.2) is 65.6 Å². The Bertz CT molecular complexity index is 1410. The topological polar surface area (TPSA) is 84.9 Å². The Hall–Kier alpha value is -3.82. The number of ether oxygens (including phenoxy) is 2. The molecule has 1 fully saturated rings. The van der Waals surface area contributed by atoms with E-state index in [-0.39, 0.29) is 22.2 Å². The first-order valence-corrected chi connectivity index (χ1v) is 12.3. The SMILES string of the molecule is COc1cc(/C=C2/SC(=O)N(CC(=O)Nc3cccc(F)c3)C2=O)cc(Cl)c1OCc1cccc(C)c1. The van der Waals surface area contributed by atoms with Crippen LogP contribution in [0.5, 0.6) is 11.5 Å². The molecule has 7 nitrogen and oxygen atoms in total. The smallest absolute Gasteiger partial charge is 0.294 e. The fraction of sp³-hybridized carbons (Fsp3) is 0.148. The molecule has 0 unspecified atom stereocenters. The van der Waals surface area contributed by atoms with Crippen molar-refractivity contribution >= 4 is 52.2 Å². The lowest BCUT2D eigenvalue weighted by molar-refractivity contribution is -0.127. The number of thioether (sulfide) groups is 1. The van der Waals surface area contributed by atoms with Gasteiger partial charge in [-0.25, -0.2) is 4.39 Å². The average molecular weight is 541 g/mol. The van der Waals surface area contributed by atoms with E-state index in [2.05, 4.69) is 5.32 Å². The summed E-state index contributed by atoms with van der Waals surface area (Å²) in [6, 6.07) is 16.4. The molecular formula is C27H22ClFN2O5S. The lowest BCUT2D eigenvalue weighted by Gasteiger charge is -2.14. The molecule has 0 radical (unpaired) electrons. The highest BCUT2D eigenvalue weighted by molar-refractivity contribution is 8.18. The van der Waals surface area contributed by atoms with Gasteiger partial charge in [-0.1, -0.05) is 47.5 Å². The summed E-state index contributed by atoms with van der Waals surface area (Å²) in [6.07, 6.45) is 1.49. The van der Waals surface area contributed by atoms with E-state index in [1.54, 1.807) is 12.1 Å². The molecule has 1 aliphatic rings. The van der Waals surface area contributed by atoms with Gasteiger partial charge in [0.2, 0.25) is 5.91 Å². The third-order valence-electron chi connectivity index (χ3n) is 5.30. The molecule has 190 valence electrons. The quantitative estimate of drug-likeness (QED) is 0.350. The normalized spacial score (nSPS) is 14.3. The molecule has 10 heteroatoms. The van der Waals surface area contributed by atoms with E-state index in [1.165, 1.54) is 31.4 Å². The Kier molecular flexibility index (Phi) is 8.15. The number of methoxy groups -OCH3 is 1. The number of nitrogens with zero attached hydrogens (tertiary/aromatic N) is 1. The van der Waals surface area contributed by atoms with Crippen molar-refractivity contribution in [2.45, 2.75) is 13.5 Å². The van der Waals surface area contributed by atoms with Crippen molar-refractivity contribution < 1.29 is 28.2 Å². The molecule has 0 aromatic heterocycles. The van der Waals surface area contributed by atoms with Gasteiger partial charge in [0, 0.05) is 5.69 Å². The molecule has 3 aromatic carbocycles. The number of carbonyl (C=O) groups is 3. The fourth-order valence-corrected chi connectivity index (χ4v) is 4.73. The minimum absolute atomic E-state index is 0.120. The maximum absolute atomic E-state index is 13.3. The van der Waals surface area contributed by atoms with Crippen molar-refractivity contribution in [3.05, 3.63) is 93.1 Å². The first kappa shape index (κ1) is 26.2. The van der Waals surface area contributed by atoms with Gasteiger partial charge in [0.15, 0.2) is 11.5 Å². The second kappa shape index (κ2) is 11.5. The van der Waals surface area contributed by atoms with Gasteiger partial charge in [0.1, 0.15) is 19.0 Å². The van der Waals surface area contributed by atoms with Crippen LogP contribution >= 0.6 is 23.4 Å². The number of carbonyl (C=O) groups excluding carboxylic acids is 3. The third kappa shape index (κ3) is 6.49. The van der Waals surface area contributed by atoms with Crippen molar-refractivity contribution in [3.8, 4) is 11.5 Å². The van der Waals surface area contributed by atoms with E-state index in [0.717, 1.165) is 22.1 Å². The summed E-state index contributed by atoms with van der Waals surface area (Å²) in [4.78, 5) is 38.5. The summed E-state index contributed by atoms with van der Waals surface area (Å²) < 4.78 is 24.7. The van der Waals surface area contributed by atoms with Crippen LogP contribution in [0.3, 0.4) is 0 Å². The Balaban J connectivity index is 1.47. The van der Waals surface area contributed by atoms with Crippen LogP contribution < -0.4 is 14.8 Å². The molecule has 4 rings (SSSR count). The highest BCUT2D eigenvalue weighted by atomic mass is 35.5. The van der Waals surface area contributed by atoms with E-state index in [0.29, 0.717) is 28.8 Å². The second-order valence-corrected chi connectivity index (χ2v) is 9.54. The molecule has 3 amide bonds. The summed E-state index contributed by atoms with van der Waals surface area (Å²) in [5.41, 5.74) is 2.81. The highest BCUT2D eigenvalue weighted by Crippen LogP contribution is 2.39. The number of rotatable bonds is 8. The van der Waals surface area contributed by atoms with Crippen molar-refractivity contribution in [3.63, 3.8) is 0 Å². The van der Waals surface area contributed by atoms with Gasteiger partial charge < -0.3 is 14.8 Å². The third-order valence-corrected chi connectivity index (χ3v) is 6.49. The number of anilines is 1. The summed E-state index contributed by atoms with van der Waals surface area (Å²) in [5, 5.41) is 2.14. The van der Waals surface area contributed by atoms with E-state index in [9.17, 15) is 18.8 Å². The van der Waals surface area contributed by atoms with Gasteiger partial charge in [-0.2, -0.15) is 0 Å². The van der Waals surface area contributed by atoms with E-state index in [4.69, 9.17) is 21.1 Å². The molecule has 0 atom stereocenters. The number of halogens is 2. The van der Waals surface area contributed by atoms with E-state index < -0.39 is 29.4 Å². The molecule has 3 aromatic rings. The zero-order chi connectivity index (χ0) is 26.5. The van der Waals surface area contributed by atoms with E-state index >= 15 is 0 Å². The molecule has 0 bridgehead atoms. The standard InChI is InChI=1S/C27H22ClFN2O5S/c1-16-5-3-6-17(9-16)15-36-25-21(28)10-18(11-22(25)35-2)12-23-26(33)31(27(34)37-23)14-24(32)30-20-8-4-7-19(29)13-20/h3-13H,14-15H2,1-2H3,(H,30,32)/b23-12+. The first-order valence-electron chi connectivity index (χ1n) is 11.1. The molecule has 0 aliphatic carbocycles. The zero-order valence-corrected chi connectivity index (χ0v) is 21.5. The second-order valence-electron chi connectivity index (χ2n) is 8.14. The highest BCUT2D eigenvalue weighted by Gasteiger charge is 2.36. The lowest BCUT2D eigenvalue weighted by Crippen LogP contribution is -2.36. The Labute approximate surface area is 222 Å². The first-order chi connectivity index (χ1) is 17.7. The van der Waals surface area contributed by atoms with Crippen LogP contribution in [-0.2, 0) is 16.2 Å². The number of nitrogens with one attached hydrogen (secondary N) is 1. The minimum Gasteiger partial charge on any atom is -0.493 e. The van der Waals surface area contributed by atoms with Crippen molar-refractivity contribution in [2.24, 2.45) is 0 Å². The maximum Gasteiger partial charge on any atom is 0.294 e. The van der Waals surface area contributed by atoms with Crippen LogP contribution in [0.4, 0.5) is 14.9 Å². The number of aryl methyl sites for hydroxylation is 1. The molecule has 37 heavy (non-hydrogen) atoms. The lowest BCUT2D eigenvalue weighted by atomic mass is 10.1. The van der Waals surface area contributed by atoms with Crippen LogP contribution in [-0.4, -0.2) is 35.6 Å². The molecule has 1 saturated heterocycles. The van der Waals surface area contributed by atoms with Crippen LogP contribution in [0.1, 0.15) is 16.7 Å². The van der Waals surface area contributed by atoms with Crippen molar-refractivity contribution in [2.75, 3.05) is 19.0 Å². The van der Waals surface area contributed by atoms with Gasteiger partial charge in [-0.3, -0.25) is 19.3 Å². The number of amides is 3. The van der Waals surface area contributed by atoms with Gasteiger partial charge in [0.25, 0.3) is 11.1 Å². The van der Waals surface area contributed by atoms with E-state index in [1.807, 2.05) is 31.2 Å². The molecule has 1 aliphatic heterocycles. The maximum atomic E-state index is 13.3. The fourth-order valence-electron chi connectivity index (χ4n) is 3.62. The molecule has 0 saturated carbocycles. The van der Waals surface area contributed by atoms with Gasteiger partial charge >= 0.3 is 0 Å². The van der Waals surface area contributed by atoms with Crippen LogP contribution in [0.25, 0.3) is 6.08 Å². The molecule has 1 N–H and O–H groups in total. The summed E-state index contributed by atoms with van der Waals surface area (Å²) in [5.74, 6) is -1.06. The Morgan fingerprint density at radius 1 is 1.14 bits per heavy atom. The molecular weight excluding hydrogens is 519 g/mol. The zero-order valence-electron chi connectivity index (χ0n) is 19.9. The van der Waals surface area contributed by atoms with Crippen molar-refractivity contribution in [1.82, 2.24) is 4.90 Å². The predicted octanol–water partition coefficient (Wildman–Crippen LogP) is 6.05. The Morgan fingerprint density at radius 3 is 2.65 bits per heavy atom. The van der Waals surface area contributed by atoms with Crippen LogP contribution in [0, 0.1) is 12.7 Å². The molecule has 1 heterocycles. The van der Waals surface area contributed by atoms with Gasteiger partial charge in [-0.05, 0) is 66.2 Å². The number of hydrogen-bond acceptors (Lipinski definition) is 6. The average Bonchev–Trinajstić information content (AvgIpc) is 3.10. The van der Waals surface area contributed by atoms with Crippen molar-refractivity contribution in [1.29, 1.82) is 0 Å². The summed E-state index contributed by atoms with van der Waals surface area (Å²) in [7, 11) is 1.47. The van der Waals surface area contributed by atoms with Gasteiger partial charge in [0.05, 0.1) is 17.0 Å².